The Morgan fingerprint density at radius 2 is 1.75 bits per heavy atom. The lowest BCUT2D eigenvalue weighted by molar-refractivity contribution is -0.133. The summed E-state index contributed by atoms with van der Waals surface area (Å²) in [6.07, 6.45) is 6.62. The number of hydrogen-bond donors (Lipinski definition) is 4. The van der Waals surface area contributed by atoms with Gasteiger partial charge in [0, 0.05) is 23.0 Å². The molecule has 1 aromatic carbocycles. The van der Waals surface area contributed by atoms with Gasteiger partial charge in [-0.1, -0.05) is 51.3 Å². The maximum Gasteiger partial charge on any atom is 0.271 e. The van der Waals surface area contributed by atoms with E-state index in [4.69, 9.17) is 0 Å². The molecule has 0 spiro atoms. The first kappa shape index (κ1) is 19.9. The van der Waals surface area contributed by atoms with Gasteiger partial charge in [0.2, 0.25) is 5.91 Å². The van der Waals surface area contributed by atoms with Crippen molar-refractivity contribution in [2.24, 2.45) is 11.8 Å². The highest BCUT2D eigenvalue weighted by molar-refractivity contribution is 6.07. The Labute approximate surface area is 164 Å². The molecule has 1 fully saturated rings. The van der Waals surface area contributed by atoms with Crippen molar-refractivity contribution in [2.45, 2.75) is 52.0 Å². The minimum absolute atomic E-state index is 0.0244. The fraction of sp³-hybridized carbons (Fsp3) is 0.476. The predicted octanol–water partition coefficient (Wildman–Crippen LogP) is 2.65. The van der Waals surface area contributed by atoms with E-state index in [1.54, 1.807) is 6.20 Å². The molecule has 2 aromatic rings. The number of aromatic amines is 1. The molecule has 0 radical (unpaired) electrons. The maximum atomic E-state index is 12.6. The van der Waals surface area contributed by atoms with Crippen LogP contribution >= 0.6 is 0 Å². The van der Waals surface area contributed by atoms with Crippen LogP contribution in [0.15, 0.2) is 30.5 Å². The summed E-state index contributed by atoms with van der Waals surface area (Å²) in [6.45, 7) is 3.74. The van der Waals surface area contributed by atoms with E-state index in [1.807, 2.05) is 38.1 Å². The van der Waals surface area contributed by atoms with Gasteiger partial charge in [0.25, 0.3) is 11.8 Å². The molecular weight excluding hydrogens is 356 g/mol. The maximum absolute atomic E-state index is 12.6. The molecule has 7 nitrogen and oxygen atoms in total. The summed E-state index contributed by atoms with van der Waals surface area (Å²) >= 11 is 0. The molecule has 1 heterocycles. The monoisotopic (exact) mass is 384 g/mol. The van der Waals surface area contributed by atoms with Crippen LogP contribution in [0, 0.1) is 11.8 Å². The van der Waals surface area contributed by atoms with Gasteiger partial charge in [0.1, 0.15) is 6.04 Å². The quantitative estimate of drug-likeness (QED) is 0.596. The van der Waals surface area contributed by atoms with Crippen LogP contribution in [0.4, 0.5) is 0 Å². The number of carbonyl (C=O) groups excluding carboxylic acids is 3. The smallest absolute Gasteiger partial charge is 0.271 e. The molecule has 0 saturated heterocycles. The molecule has 1 atom stereocenters. The summed E-state index contributed by atoms with van der Waals surface area (Å²) in [6, 6.07) is 6.74. The second-order valence-corrected chi connectivity index (χ2v) is 7.76. The molecule has 7 heteroatoms. The van der Waals surface area contributed by atoms with Crippen LogP contribution in [0.3, 0.4) is 0 Å². The first-order valence-electron chi connectivity index (χ1n) is 9.94. The fourth-order valence-electron chi connectivity index (χ4n) is 3.69. The summed E-state index contributed by atoms with van der Waals surface area (Å²) < 4.78 is 0. The largest absolute Gasteiger partial charge is 0.360 e. The van der Waals surface area contributed by atoms with Crippen molar-refractivity contribution in [1.29, 1.82) is 0 Å². The molecule has 1 aromatic heterocycles. The van der Waals surface area contributed by atoms with Gasteiger partial charge in [-0.25, -0.2) is 0 Å². The van der Waals surface area contributed by atoms with E-state index in [0.29, 0.717) is 5.56 Å². The van der Waals surface area contributed by atoms with Crippen LogP contribution < -0.4 is 16.2 Å². The standard InChI is InChI=1S/C21H28N4O3/c1-13(2)18(23-19(26)14-8-4-3-5-9-14)21(28)25-24-20(27)16-12-22-17-11-7-6-10-15(16)17/h6-7,10-14,18,22H,3-5,8-9H2,1-2H3,(H,23,26)(H,24,27)(H,25,28). The zero-order valence-corrected chi connectivity index (χ0v) is 16.4. The number of aromatic nitrogens is 1. The number of benzene rings is 1. The first-order valence-corrected chi connectivity index (χ1v) is 9.94. The molecule has 28 heavy (non-hydrogen) atoms. The summed E-state index contributed by atoms with van der Waals surface area (Å²) in [4.78, 5) is 40.6. The van der Waals surface area contributed by atoms with Crippen molar-refractivity contribution >= 4 is 28.6 Å². The van der Waals surface area contributed by atoms with E-state index in [0.717, 1.165) is 43.0 Å². The molecular formula is C21H28N4O3. The summed E-state index contributed by atoms with van der Waals surface area (Å²) in [5.74, 6) is -1.03. The highest BCUT2D eigenvalue weighted by Crippen LogP contribution is 2.24. The third-order valence-electron chi connectivity index (χ3n) is 5.36. The number of nitrogens with one attached hydrogen (secondary N) is 4. The number of H-pyrrole nitrogens is 1. The van der Waals surface area contributed by atoms with Gasteiger partial charge < -0.3 is 10.3 Å². The lowest BCUT2D eigenvalue weighted by atomic mass is 9.88. The lowest BCUT2D eigenvalue weighted by Gasteiger charge is -2.26. The minimum atomic E-state index is -0.697. The number of carbonyl (C=O) groups is 3. The number of amides is 3. The van der Waals surface area contributed by atoms with Crippen molar-refractivity contribution in [1.82, 2.24) is 21.2 Å². The van der Waals surface area contributed by atoms with Crippen molar-refractivity contribution < 1.29 is 14.4 Å². The van der Waals surface area contributed by atoms with Gasteiger partial charge in [0.05, 0.1) is 5.56 Å². The van der Waals surface area contributed by atoms with E-state index in [-0.39, 0.29) is 17.7 Å². The second-order valence-electron chi connectivity index (χ2n) is 7.76. The molecule has 0 aliphatic heterocycles. The Hall–Kier alpha value is -2.83. The third kappa shape index (κ3) is 4.52. The van der Waals surface area contributed by atoms with E-state index >= 15 is 0 Å². The number of hydrazine groups is 1. The molecule has 3 rings (SSSR count). The molecule has 150 valence electrons. The Kier molecular flexibility index (Phi) is 6.34. The Morgan fingerprint density at radius 3 is 2.46 bits per heavy atom. The zero-order valence-electron chi connectivity index (χ0n) is 16.4. The van der Waals surface area contributed by atoms with Gasteiger partial charge in [-0.3, -0.25) is 25.2 Å². The lowest BCUT2D eigenvalue weighted by Crippen LogP contribution is -2.55. The highest BCUT2D eigenvalue weighted by Gasteiger charge is 2.29. The fourth-order valence-corrected chi connectivity index (χ4v) is 3.69. The van der Waals surface area contributed by atoms with Crippen molar-refractivity contribution in [3.05, 3.63) is 36.0 Å². The van der Waals surface area contributed by atoms with Crippen LogP contribution in [-0.4, -0.2) is 28.7 Å². The van der Waals surface area contributed by atoms with Crippen molar-refractivity contribution in [3.8, 4) is 0 Å². The van der Waals surface area contributed by atoms with Crippen LogP contribution in [-0.2, 0) is 9.59 Å². The van der Waals surface area contributed by atoms with Crippen LogP contribution in [0.5, 0.6) is 0 Å². The normalized spacial score (nSPS) is 16.0. The molecule has 4 N–H and O–H groups in total. The van der Waals surface area contributed by atoms with Crippen LogP contribution in [0.25, 0.3) is 10.9 Å². The third-order valence-corrected chi connectivity index (χ3v) is 5.36. The van der Waals surface area contributed by atoms with E-state index in [2.05, 4.69) is 21.2 Å². The number of fused-ring (bicyclic) bond motifs is 1. The molecule has 0 bridgehead atoms. The van der Waals surface area contributed by atoms with Gasteiger partial charge in [-0.05, 0) is 24.8 Å². The van der Waals surface area contributed by atoms with Crippen molar-refractivity contribution in [3.63, 3.8) is 0 Å². The van der Waals surface area contributed by atoms with Crippen LogP contribution in [0.1, 0.15) is 56.3 Å². The highest BCUT2D eigenvalue weighted by atomic mass is 16.2. The van der Waals surface area contributed by atoms with E-state index in [1.165, 1.54) is 0 Å². The molecule has 1 saturated carbocycles. The Morgan fingerprint density at radius 1 is 1.04 bits per heavy atom. The SMILES string of the molecule is CC(C)C(NC(=O)C1CCCCC1)C(=O)NNC(=O)c1c[nH]c2ccccc12. The summed E-state index contributed by atoms with van der Waals surface area (Å²) in [5.41, 5.74) is 6.21. The Balaban J connectivity index is 1.59. The van der Waals surface area contributed by atoms with Gasteiger partial charge in [0.15, 0.2) is 0 Å². The first-order chi connectivity index (χ1) is 13.5. The Bertz CT molecular complexity index is 852. The average molecular weight is 384 g/mol. The summed E-state index contributed by atoms with van der Waals surface area (Å²) in [5, 5.41) is 3.64. The van der Waals surface area contributed by atoms with Crippen LogP contribution in [0.2, 0.25) is 0 Å². The second kappa shape index (κ2) is 8.91. The van der Waals surface area contributed by atoms with Crippen molar-refractivity contribution in [2.75, 3.05) is 0 Å². The summed E-state index contributed by atoms with van der Waals surface area (Å²) in [7, 11) is 0. The topological polar surface area (TPSA) is 103 Å². The predicted molar refractivity (Wildman–Crippen MR) is 107 cm³/mol. The minimum Gasteiger partial charge on any atom is -0.360 e. The molecule has 1 unspecified atom stereocenters. The number of hydrogen-bond acceptors (Lipinski definition) is 3. The van der Waals surface area contributed by atoms with Gasteiger partial charge in [-0.2, -0.15) is 0 Å². The van der Waals surface area contributed by atoms with Gasteiger partial charge >= 0.3 is 0 Å². The molecule has 1 aliphatic carbocycles. The number of rotatable bonds is 5. The van der Waals surface area contributed by atoms with E-state index in [9.17, 15) is 14.4 Å². The van der Waals surface area contributed by atoms with Gasteiger partial charge in [-0.15, -0.1) is 0 Å². The molecule has 1 aliphatic rings. The van der Waals surface area contributed by atoms with E-state index < -0.39 is 17.9 Å². The molecule has 3 amide bonds. The number of para-hydroxylation sites is 1. The average Bonchev–Trinajstić information content (AvgIpc) is 3.14. The zero-order chi connectivity index (χ0) is 20.1.